The number of rotatable bonds is 10. The molecule has 1 unspecified atom stereocenters. The maximum Gasteiger partial charge on any atom is 0.326 e. The average Bonchev–Trinajstić information content (AvgIpc) is 3.14. The van der Waals surface area contributed by atoms with Gasteiger partial charge in [-0.05, 0) is 44.4 Å². The van der Waals surface area contributed by atoms with Crippen molar-refractivity contribution in [3.05, 3.63) is 5.56 Å². The van der Waals surface area contributed by atoms with Crippen LogP contribution >= 0.6 is 0 Å². The first-order valence-electron chi connectivity index (χ1n) is 11.2. The summed E-state index contributed by atoms with van der Waals surface area (Å²) < 4.78 is 0. The molecular weight excluding hydrogens is 416 g/mol. The highest BCUT2D eigenvalue weighted by molar-refractivity contribution is 5.85. The predicted molar refractivity (Wildman–Crippen MR) is 118 cm³/mol. The van der Waals surface area contributed by atoms with Gasteiger partial charge in [-0.1, -0.05) is 12.8 Å². The highest BCUT2D eigenvalue weighted by Gasteiger charge is 2.31. The van der Waals surface area contributed by atoms with Crippen LogP contribution in [-0.2, 0) is 14.4 Å². The van der Waals surface area contributed by atoms with Crippen molar-refractivity contribution in [2.45, 2.75) is 69.7 Å². The van der Waals surface area contributed by atoms with Gasteiger partial charge in [-0.25, -0.2) is 4.79 Å². The molecule has 0 radical (unpaired) electrons. The van der Waals surface area contributed by atoms with Crippen LogP contribution in [-0.4, -0.2) is 50.6 Å². The Balaban J connectivity index is 1.40. The molecule has 0 spiro atoms. The Bertz CT molecular complexity index is 855. The summed E-state index contributed by atoms with van der Waals surface area (Å²) >= 11 is 0. The summed E-state index contributed by atoms with van der Waals surface area (Å²) in [5.41, 5.74) is 12.6. The first-order valence-corrected chi connectivity index (χ1v) is 11.2. The highest BCUT2D eigenvalue weighted by Crippen LogP contribution is 2.38. The Kier molecular flexibility index (Phi) is 7.70. The molecule has 2 heterocycles. The monoisotopic (exact) mass is 448 g/mol. The number of carboxylic acids is 2. The number of aromatic nitrogens is 2. The standard InChI is InChI=1S/C21H32N6O5/c22-17-16-13(10-24-18(16)27-21(23)26-17)3-1-2-11-4-6-12(7-5-11)19(30)25-14(20(31)32)8-9-15(28)29/h11-14H,1-10H2,(H,25,30)(H,28,29)(H,31,32)(H5,22,23,24,26,27)/t11?,12?,13?,14-/m0/s1. The van der Waals surface area contributed by atoms with Crippen LogP contribution in [0.15, 0.2) is 0 Å². The Hall–Kier alpha value is -3.11. The van der Waals surface area contributed by atoms with Gasteiger partial charge in [0.2, 0.25) is 11.9 Å². The molecule has 8 N–H and O–H groups in total. The van der Waals surface area contributed by atoms with Crippen molar-refractivity contribution in [1.82, 2.24) is 15.3 Å². The topological polar surface area (TPSA) is 194 Å². The van der Waals surface area contributed by atoms with Crippen molar-refractivity contribution in [3.63, 3.8) is 0 Å². The van der Waals surface area contributed by atoms with Crippen LogP contribution in [0.2, 0.25) is 0 Å². The van der Waals surface area contributed by atoms with E-state index in [4.69, 9.17) is 16.6 Å². The van der Waals surface area contributed by atoms with Crippen molar-refractivity contribution in [1.29, 1.82) is 0 Å². The number of nitrogens with zero attached hydrogens (tertiary/aromatic N) is 2. The summed E-state index contributed by atoms with van der Waals surface area (Å²) in [4.78, 5) is 42.7. The van der Waals surface area contributed by atoms with E-state index in [0.29, 0.717) is 11.7 Å². The minimum absolute atomic E-state index is 0.118. The number of amides is 1. The smallest absolute Gasteiger partial charge is 0.326 e. The third-order valence-electron chi connectivity index (χ3n) is 6.56. The zero-order valence-corrected chi connectivity index (χ0v) is 18.0. The molecule has 1 aliphatic carbocycles. The van der Waals surface area contributed by atoms with E-state index < -0.39 is 18.0 Å². The van der Waals surface area contributed by atoms with Crippen LogP contribution in [0.5, 0.6) is 0 Å². The number of hydrogen-bond donors (Lipinski definition) is 6. The fraction of sp³-hybridized carbons (Fsp3) is 0.667. The lowest BCUT2D eigenvalue weighted by Crippen LogP contribution is -2.44. The number of hydrogen-bond acceptors (Lipinski definition) is 8. The fourth-order valence-corrected chi connectivity index (χ4v) is 4.79. The Morgan fingerprint density at radius 1 is 1.09 bits per heavy atom. The van der Waals surface area contributed by atoms with Gasteiger partial charge in [0.1, 0.15) is 17.7 Å². The molecular formula is C21H32N6O5. The molecule has 32 heavy (non-hydrogen) atoms. The van der Waals surface area contributed by atoms with E-state index in [2.05, 4.69) is 20.6 Å². The van der Waals surface area contributed by atoms with Crippen molar-refractivity contribution < 1.29 is 24.6 Å². The first kappa shape index (κ1) is 23.6. The lowest BCUT2D eigenvalue weighted by Gasteiger charge is -2.29. The molecule has 2 aliphatic rings. The predicted octanol–water partition coefficient (Wildman–Crippen LogP) is 1.56. The van der Waals surface area contributed by atoms with Crippen LogP contribution in [0, 0.1) is 11.8 Å². The molecule has 1 aliphatic heterocycles. The molecule has 0 saturated heterocycles. The van der Waals surface area contributed by atoms with Gasteiger partial charge >= 0.3 is 11.9 Å². The molecule has 1 aromatic heterocycles. The third-order valence-corrected chi connectivity index (χ3v) is 6.56. The van der Waals surface area contributed by atoms with Gasteiger partial charge in [0.15, 0.2) is 0 Å². The Morgan fingerprint density at radius 3 is 2.47 bits per heavy atom. The maximum atomic E-state index is 12.5. The number of nitrogens with two attached hydrogens (primary N) is 2. The number of anilines is 3. The molecule has 0 aromatic carbocycles. The number of fused-ring (bicyclic) bond motifs is 1. The van der Waals surface area contributed by atoms with Crippen molar-refractivity contribution >= 4 is 35.4 Å². The summed E-state index contributed by atoms with van der Waals surface area (Å²) in [5.74, 6) is -0.636. The largest absolute Gasteiger partial charge is 0.481 e. The van der Waals surface area contributed by atoms with Crippen LogP contribution in [0.25, 0.3) is 0 Å². The first-order chi connectivity index (χ1) is 15.2. The molecule has 1 saturated carbocycles. The normalized spacial score (nSPS) is 23.1. The highest BCUT2D eigenvalue weighted by atomic mass is 16.4. The van der Waals surface area contributed by atoms with Gasteiger partial charge < -0.3 is 32.3 Å². The van der Waals surface area contributed by atoms with Crippen LogP contribution in [0.4, 0.5) is 17.6 Å². The van der Waals surface area contributed by atoms with Gasteiger partial charge in [-0.2, -0.15) is 9.97 Å². The summed E-state index contributed by atoms with van der Waals surface area (Å²) in [5, 5.41) is 23.7. The van der Waals surface area contributed by atoms with Gasteiger partial charge in [-0.15, -0.1) is 0 Å². The van der Waals surface area contributed by atoms with Gasteiger partial charge in [0.05, 0.1) is 0 Å². The van der Waals surface area contributed by atoms with E-state index in [-0.39, 0.29) is 36.5 Å². The number of nitrogen functional groups attached to an aromatic ring is 2. The fourth-order valence-electron chi connectivity index (χ4n) is 4.79. The lowest BCUT2D eigenvalue weighted by molar-refractivity contribution is -0.144. The number of carbonyl (C=O) groups excluding carboxylic acids is 1. The van der Waals surface area contributed by atoms with Crippen LogP contribution < -0.4 is 22.1 Å². The van der Waals surface area contributed by atoms with E-state index >= 15 is 0 Å². The molecule has 0 bridgehead atoms. The third kappa shape index (κ3) is 5.98. The minimum atomic E-state index is -1.20. The molecule has 11 nitrogen and oxygen atoms in total. The number of aliphatic carboxylic acids is 2. The van der Waals surface area contributed by atoms with E-state index in [1.807, 2.05) is 0 Å². The van der Waals surface area contributed by atoms with E-state index in [1.165, 1.54) is 0 Å². The minimum Gasteiger partial charge on any atom is -0.481 e. The zero-order chi connectivity index (χ0) is 23.3. The van der Waals surface area contributed by atoms with E-state index in [0.717, 1.165) is 62.9 Å². The summed E-state index contributed by atoms with van der Waals surface area (Å²) in [6.07, 6.45) is 5.94. The molecule has 11 heteroatoms. The second-order valence-corrected chi connectivity index (χ2v) is 8.79. The molecule has 1 aromatic rings. The van der Waals surface area contributed by atoms with Gasteiger partial charge in [0, 0.05) is 30.4 Å². The summed E-state index contributed by atoms with van der Waals surface area (Å²) in [7, 11) is 0. The summed E-state index contributed by atoms with van der Waals surface area (Å²) in [6, 6.07) is -1.16. The van der Waals surface area contributed by atoms with Crippen molar-refractivity contribution in [2.75, 3.05) is 23.3 Å². The van der Waals surface area contributed by atoms with Crippen LogP contribution in [0.1, 0.15) is 69.3 Å². The average molecular weight is 449 g/mol. The number of carbonyl (C=O) groups is 3. The molecule has 2 atom stereocenters. The van der Waals surface area contributed by atoms with Crippen molar-refractivity contribution in [3.8, 4) is 0 Å². The molecule has 176 valence electrons. The Labute approximate surface area is 186 Å². The quantitative estimate of drug-likeness (QED) is 0.306. The zero-order valence-electron chi connectivity index (χ0n) is 18.0. The second-order valence-electron chi connectivity index (χ2n) is 8.79. The molecule has 3 rings (SSSR count). The SMILES string of the molecule is Nc1nc(N)c2c(n1)NCC2CCCC1CCC(C(=O)N[C@@H](CCC(=O)O)C(=O)O)CC1. The number of carboxylic acid groups (broad SMARTS) is 2. The molecule has 1 fully saturated rings. The van der Waals surface area contributed by atoms with Crippen LogP contribution in [0.3, 0.4) is 0 Å². The van der Waals surface area contributed by atoms with Crippen molar-refractivity contribution in [2.24, 2.45) is 11.8 Å². The second kappa shape index (κ2) is 10.5. The van der Waals surface area contributed by atoms with Gasteiger partial charge in [0.25, 0.3) is 0 Å². The van der Waals surface area contributed by atoms with E-state index in [1.54, 1.807) is 0 Å². The van der Waals surface area contributed by atoms with Gasteiger partial charge in [-0.3, -0.25) is 9.59 Å². The lowest BCUT2D eigenvalue weighted by atomic mass is 9.79. The summed E-state index contributed by atoms with van der Waals surface area (Å²) in [6.45, 7) is 0.775. The molecule has 1 amide bonds. The van der Waals surface area contributed by atoms with E-state index in [9.17, 15) is 19.5 Å². The number of nitrogens with one attached hydrogen (secondary N) is 2. The maximum absolute atomic E-state index is 12.5. The Morgan fingerprint density at radius 2 is 1.81 bits per heavy atom.